The molecule has 0 unspecified atom stereocenters. The van der Waals surface area contributed by atoms with Gasteiger partial charge in [0.2, 0.25) is 11.4 Å². The number of benzene rings is 2. The minimum atomic E-state index is 0. The second-order valence-corrected chi connectivity index (χ2v) is 21.5. The van der Waals surface area contributed by atoms with Crippen LogP contribution in [-0.4, -0.2) is 4.70 Å². The summed E-state index contributed by atoms with van der Waals surface area (Å²) in [6.45, 7) is 13.9. The molecule has 1 aliphatic rings. The van der Waals surface area contributed by atoms with Crippen LogP contribution in [0, 0.1) is 0 Å². The quantitative estimate of drug-likeness (QED) is 0.0359. The Morgan fingerprint density at radius 3 is 0.691 bits per heavy atom. The maximum absolute atomic E-state index is 12.8. The third-order valence-corrected chi connectivity index (χ3v) is 15.1. The zero-order chi connectivity index (χ0) is 48.0. The van der Waals surface area contributed by atoms with Gasteiger partial charge in [0.15, 0.2) is 0 Å². The smallest absolute Gasteiger partial charge is 0.211 e. The summed E-state index contributed by atoms with van der Waals surface area (Å²) in [5.74, 6) is 0. The molecule has 68 heavy (non-hydrogen) atoms. The molecular formula is C65H110N2Ni. The van der Waals surface area contributed by atoms with E-state index in [1.807, 2.05) is 0 Å². The molecule has 3 rings (SSSR count). The molecule has 0 atom stereocenters. The SMILES string of the molecule is CCCCCCCCCCCCCCCCCCCCCCCCCC1=C(c2cc(CCCC)cc(CCCC)c2)[N+](=[N-])C(c2cc(CCCC)cc(CCCC)c2)=C1CCCCCCCC.[Ni]. The van der Waals surface area contributed by atoms with Crippen molar-refractivity contribution in [2.24, 2.45) is 0 Å². The van der Waals surface area contributed by atoms with Crippen molar-refractivity contribution in [3.05, 3.63) is 86.5 Å². The van der Waals surface area contributed by atoms with Crippen molar-refractivity contribution in [2.75, 3.05) is 0 Å². The van der Waals surface area contributed by atoms with Gasteiger partial charge in [-0.2, -0.15) is 0 Å². The monoisotopic (exact) mass is 977 g/mol. The fourth-order valence-electron chi connectivity index (χ4n) is 10.9. The molecule has 0 aromatic heterocycles. The normalized spacial score (nSPS) is 12.8. The predicted molar refractivity (Wildman–Crippen MR) is 299 cm³/mol. The van der Waals surface area contributed by atoms with Crippen LogP contribution in [0.2, 0.25) is 0 Å². The van der Waals surface area contributed by atoms with E-state index in [1.54, 1.807) is 4.70 Å². The predicted octanol–water partition coefficient (Wildman–Crippen LogP) is 22.4. The van der Waals surface area contributed by atoms with Gasteiger partial charge in [0, 0.05) is 38.8 Å². The molecule has 2 nitrogen and oxygen atoms in total. The number of nitrogens with zero attached hydrogens (tertiary/aromatic N) is 2. The standard InChI is InChI=1S/C65H110N2.Ni/c1-7-13-19-21-23-24-25-26-27-28-29-30-31-32-33-34-35-36-37-38-39-41-43-49-63-62(48-42-40-22-20-14-8-2)64(60-52-56(44-15-9-3)50-57(53-60)45-16-10-4)67(66)65(63)61-54-58(46-17-11-5)51-59(55-61)47-18-12-6;/h50-55H,7-49H2,1-6H3;. The van der Waals surface area contributed by atoms with E-state index in [4.69, 9.17) is 0 Å². The zero-order valence-corrected chi connectivity index (χ0v) is 47.1. The van der Waals surface area contributed by atoms with Gasteiger partial charge in [-0.25, -0.2) is 4.70 Å². The van der Waals surface area contributed by atoms with Gasteiger partial charge in [-0.05, 0) is 124 Å². The summed E-state index contributed by atoms with van der Waals surface area (Å²) in [6.07, 6.45) is 56.6. The summed E-state index contributed by atoms with van der Waals surface area (Å²) >= 11 is 0. The number of hydrogen-bond acceptors (Lipinski definition) is 0. The van der Waals surface area contributed by atoms with Gasteiger partial charge in [-0.1, -0.05) is 253 Å². The molecule has 1 heterocycles. The van der Waals surface area contributed by atoms with Gasteiger partial charge >= 0.3 is 0 Å². The van der Waals surface area contributed by atoms with Gasteiger partial charge in [-0.15, -0.1) is 0 Å². The Morgan fingerprint density at radius 2 is 0.471 bits per heavy atom. The number of allylic oxidation sites excluding steroid dienone is 2. The molecule has 0 aliphatic carbocycles. The molecule has 0 bridgehead atoms. The average molecular weight is 978 g/mol. The van der Waals surface area contributed by atoms with E-state index in [2.05, 4.69) is 77.9 Å². The van der Waals surface area contributed by atoms with Crippen molar-refractivity contribution in [3.8, 4) is 0 Å². The average Bonchev–Trinajstić information content (AvgIpc) is 3.62. The van der Waals surface area contributed by atoms with Crippen LogP contribution in [0.15, 0.2) is 47.5 Å². The molecule has 2 aromatic carbocycles. The van der Waals surface area contributed by atoms with Crippen LogP contribution in [0.25, 0.3) is 16.9 Å². The van der Waals surface area contributed by atoms with Crippen molar-refractivity contribution in [2.45, 2.75) is 318 Å². The number of hydrogen-bond donors (Lipinski definition) is 0. The first-order valence-electron chi connectivity index (χ1n) is 30.2. The van der Waals surface area contributed by atoms with Crippen molar-refractivity contribution >= 4 is 11.4 Å². The number of unbranched alkanes of at least 4 members (excludes halogenated alkanes) is 31. The van der Waals surface area contributed by atoms with Crippen molar-refractivity contribution < 1.29 is 21.2 Å². The third-order valence-electron chi connectivity index (χ3n) is 15.1. The first-order chi connectivity index (χ1) is 33.0. The zero-order valence-electron chi connectivity index (χ0n) is 46.1. The molecule has 0 N–H and O–H groups in total. The second-order valence-electron chi connectivity index (χ2n) is 21.5. The molecule has 0 radical (unpaired) electrons. The molecule has 390 valence electrons. The van der Waals surface area contributed by atoms with E-state index in [9.17, 15) is 5.53 Å². The van der Waals surface area contributed by atoms with Crippen LogP contribution in [0.1, 0.15) is 325 Å². The Kier molecular flexibility index (Phi) is 38.0. The molecule has 0 spiro atoms. The fraction of sp³-hybridized carbons (Fsp3) is 0.754. The van der Waals surface area contributed by atoms with E-state index in [0.717, 1.165) is 49.9 Å². The molecule has 1 aliphatic heterocycles. The van der Waals surface area contributed by atoms with Crippen LogP contribution in [0.3, 0.4) is 0 Å². The first-order valence-corrected chi connectivity index (χ1v) is 30.2. The van der Waals surface area contributed by atoms with Gasteiger partial charge in [0.05, 0.1) is 0 Å². The summed E-state index contributed by atoms with van der Waals surface area (Å²) in [6, 6.07) is 14.8. The van der Waals surface area contributed by atoms with Gasteiger partial charge in [0.1, 0.15) is 0 Å². The third kappa shape index (κ3) is 25.9. The Bertz CT molecular complexity index is 1580. The van der Waals surface area contributed by atoms with Crippen molar-refractivity contribution in [1.29, 1.82) is 0 Å². The molecule has 0 amide bonds. The van der Waals surface area contributed by atoms with E-state index >= 15 is 0 Å². The van der Waals surface area contributed by atoms with Crippen molar-refractivity contribution in [3.63, 3.8) is 0 Å². The molecule has 0 saturated carbocycles. The minimum absolute atomic E-state index is 0. The summed E-state index contributed by atoms with van der Waals surface area (Å²) in [4.78, 5) is 0. The summed E-state index contributed by atoms with van der Waals surface area (Å²) < 4.78 is 1.71. The molecular weight excluding hydrogens is 867 g/mol. The van der Waals surface area contributed by atoms with Crippen LogP contribution in [0.4, 0.5) is 0 Å². The summed E-state index contributed by atoms with van der Waals surface area (Å²) in [5.41, 5.74) is 26.2. The van der Waals surface area contributed by atoms with Crippen LogP contribution < -0.4 is 0 Å². The van der Waals surface area contributed by atoms with E-state index in [1.165, 1.54) is 282 Å². The van der Waals surface area contributed by atoms with E-state index < -0.39 is 0 Å². The summed E-state index contributed by atoms with van der Waals surface area (Å²) in [5, 5.41) is 0. The van der Waals surface area contributed by atoms with E-state index in [0.29, 0.717) is 0 Å². The maximum atomic E-state index is 12.8. The largest absolute Gasteiger partial charge is 0.493 e. The Morgan fingerprint density at radius 1 is 0.265 bits per heavy atom. The fourth-order valence-corrected chi connectivity index (χ4v) is 10.9. The van der Waals surface area contributed by atoms with Crippen LogP contribution >= 0.6 is 0 Å². The summed E-state index contributed by atoms with van der Waals surface area (Å²) in [7, 11) is 0. The van der Waals surface area contributed by atoms with Crippen molar-refractivity contribution in [1.82, 2.24) is 0 Å². The van der Waals surface area contributed by atoms with Crippen LogP contribution in [0.5, 0.6) is 0 Å². The Hall–Kier alpha value is -1.99. The van der Waals surface area contributed by atoms with E-state index in [-0.39, 0.29) is 16.5 Å². The topological polar surface area (TPSA) is 25.3 Å². The Balaban J connectivity index is 0.0000159. The van der Waals surface area contributed by atoms with Gasteiger partial charge < -0.3 is 5.53 Å². The number of rotatable bonds is 45. The molecule has 3 heteroatoms. The minimum Gasteiger partial charge on any atom is -0.493 e. The maximum Gasteiger partial charge on any atom is 0.211 e. The molecule has 0 saturated heterocycles. The number of aryl methyl sites for hydroxylation is 4. The molecule has 0 fully saturated rings. The first kappa shape index (κ1) is 62.1. The van der Waals surface area contributed by atoms with Gasteiger partial charge in [-0.3, -0.25) is 0 Å². The second kappa shape index (κ2) is 41.6. The molecule has 2 aromatic rings. The van der Waals surface area contributed by atoms with Crippen LogP contribution in [-0.2, 0) is 42.2 Å². The Labute approximate surface area is 434 Å². The van der Waals surface area contributed by atoms with Gasteiger partial charge in [0.25, 0.3) is 0 Å².